The van der Waals surface area contributed by atoms with Crippen LogP contribution >= 0.6 is 0 Å². The molecule has 4 aromatic rings. The molecule has 0 radical (unpaired) electrons. The molecule has 0 bridgehead atoms. The Balaban J connectivity index is 1.61. The molecule has 0 unspecified atom stereocenters. The second-order valence-corrected chi connectivity index (χ2v) is 8.86. The number of ether oxygens (including phenoxy) is 1. The van der Waals surface area contributed by atoms with Crippen molar-refractivity contribution < 1.29 is 9.84 Å². The maximum atomic E-state index is 9.46. The van der Waals surface area contributed by atoms with Crippen molar-refractivity contribution in [2.75, 3.05) is 26.7 Å². The minimum Gasteiger partial charge on any atom is -0.464 e. The summed E-state index contributed by atoms with van der Waals surface area (Å²) in [6.45, 7) is 2.74. The van der Waals surface area contributed by atoms with E-state index < -0.39 is 0 Å². The molecule has 7 nitrogen and oxygen atoms in total. The molecule has 34 heavy (non-hydrogen) atoms. The molecule has 0 amide bonds. The molecule has 2 aromatic heterocycles. The number of fused-ring (bicyclic) bond motifs is 1. The quantitative estimate of drug-likeness (QED) is 0.472. The van der Waals surface area contributed by atoms with Gasteiger partial charge in [0.25, 0.3) is 0 Å². The first-order valence-electron chi connectivity index (χ1n) is 11.6. The fourth-order valence-electron chi connectivity index (χ4n) is 4.61. The molecule has 1 N–H and O–H groups in total. The number of aromatic nitrogens is 3. The van der Waals surface area contributed by atoms with Crippen LogP contribution in [0, 0.1) is 17.2 Å². The number of piperidine rings is 1. The fraction of sp³-hybridized carbons (Fsp3) is 0.296. The average molecular weight is 454 g/mol. The predicted octanol–water partition coefficient (Wildman–Crippen LogP) is 4.15. The van der Waals surface area contributed by atoms with E-state index in [0.717, 1.165) is 53.1 Å². The smallest absolute Gasteiger partial charge is 0.302 e. The highest BCUT2D eigenvalue weighted by molar-refractivity contribution is 5.90. The highest BCUT2D eigenvalue weighted by Crippen LogP contribution is 2.36. The normalized spacial score (nSPS) is 16.4. The summed E-state index contributed by atoms with van der Waals surface area (Å²) in [6.07, 6.45) is 5.96. The summed E-state index contributed by atoms with van der Waals surface area (Å²) in [6, 6.07) is 17.8. The largest absolute Gasteiger partial charge is 0.464 e. The molecular weight excluding hydrogens is 426 g/mol. The Kier molecular flexibility index (Phi) is 6.26. The third kappa shape index (κ3) is 4.38. The lowest BCUT2D eigenvalue weighted by Crippen LogP contribution is -2.35. The van der Waals surface area contributed by atoms with Crippen molar-refractivity contribution in [2.45, 2.75) is 19.4 Å². The zero-order valence-corrected chi connectivity index (χ0v) is 19.2. The average Bonchev–Trinajstić information content (AvgIpc) is 3.37. The summed E-state index contributed by atoms with van der Waals surface area (Å²) in [5, 5.41) is 18.7. The van der Waals surface area contributed by atoms with Crippen molar-refractivity contribution in [1.29, 1.82) is 5.26 Å². The number of likely N-dealkylation sites (tertiary alicyclic amines) is 1. The van der Waals surface area contributed by atoms with E-state index in [9.17, 15) is 10.4 Å². The summed E-state index contributed by atoms with van der Waals surface area (Å²) in [4.78, 5) is 12.0. The Hall–Kier alpha value is -3.73. The number of aliphatic hydroxyl groups excluding tert-OH is 1. The van der Waals surface area contributed by atoms with Crippen LogP contribution in [-0.2, 0) is 6.61 Å². The topological polar surface area (TPSA) is 86.7 Å². The third-order valence-electron chi connectivity index (χ3n) is 6.40. The van der Waals surface area contributed by atoms with Gasteiger partial charge >= 0.3 is 6.01 Å². The first-order chi connectivity index (χ1) is 16.7. The van der Waals surface area contributed by atoms with Gasteiger partial charge in [0.15, 0.2) is 5.65 Å². The molecule has 172 valence electrons. The van der Waals surface area contributed by atoms with Crippen molar-refractivity contribution in [3.8, 4) is 34.5 Å². The Morgan fingerprint density at radius 1 is 1.12 bits per heavy atom. The molecule has 0 saturated carbocycles. The van der Waals surface area contributed by atoms with E-state index >= 15 is 0 Å². The van der Waals surface area contributed by atoms with Crippen LogP contribution in [0.1, 0.15) is 24.0 Å². The molecule has 0 aliphatic carbocycles. The number of hydrogen-bond acceptors (Lipinski definition) is 6. The van der Waals surface area contributed by atoms with Crippen LogP contribution < -0.4 is 4.74 Å². The second-order valence-electron chi connectivity index (χ2n) is 8.86. The number of rotatable bonds is 6. The van der Waals surface area contributed by atoms with Crippen LogP contribution in [0.15, 0.2) is 60.9 Å². The molecule has 1 fully saturated rings. The van der Waals surface area contributed by atoms with Gasteiger partial charge in [-0.2, -0.15) is 10.2 Å². The molecule has 1 saturated heterocycles. The molecule has 5 rings (SSSR count). The van der Waals surface area contributed by atoms with Crippen LogP contribution in [0.5, 0.6) is 6.01 Å². The standard InChI is InChI=1S/C27H27N5O2/c1-31-13-2-3-21(16-31)18-34-27-30-25(23-10-4-19(15-28)5-11-23)24(26-29-12-14-32(26)27)22-8-6-20(17-33)7-9-22/h4-12,14,21,33H,2-3,13,16-18H2,1H3/t21-/m1/s1. The SMILES string of the molecule is CN1CCC[C@@H](COc2nc(-c3ccc(C#N)cc3)c(-c3ccc(CO)cc3)c3nccn23)C1. The van der Waals surface area contributed by atoms with E-state index in [-0.39, 0.29) is 6.61 Å². The van der Waals surface area contributed by atoms with E-state index in [1.165, 1.54) is 6.42 Å². The summed E-state index contributed by atoms with van der Waals surface area (Å²) < 4.78 is 8.20. The highest BCUT2D eigenvalue weighted by atomic mass is 16.5. The minimum atomic E-state index is -0.0110. The van der Waals surface area contributed by atoms with Gasteiger partial charge < -0.3 is 14.7 Å². The van der Waals surface area contributed by atoms with Crippen molar-refractivity contribution in [3.05, 3.63) is 72.1 Å². The first-order valence-corrected chi connectivity index (χ1v) is 11.6. The lowest BCUT2D eigenvalue weighted by Gasteiger charge is -2.29. The fourth-order valence-corrected chi connectivity index (χ4v) is 4.61. The summed E-state index contributed by atoms with van der Waals surface area (Å²) in [7, 11) is 2.15. The first kappa shape index (κ1) is 22.1. The molecule has 2 aromatic carbocycles. The van der Waals surface area contributed by atoms with Gasteiger partial charge in [0.1, 0.15) is 0 Å². The monoisotopic (exact) mass is 453 g/mol. The van der Waals surface area contributed by atoms with Crippen LogP contribution in [0.3, 0.4) is 0 Å². The van der Waals surface area contributed by atoms with Crippen LogP contribution in [0.2, 0.25) is 0 Å². The Morgan fingerprint density at radius 3 is 2.59 bits per heavy atom. The van der Waals surface area contributed by atoms with Crippen molar-refractivity contribution >= 4 is 5.65 Å². The number of benzene rings is 2. The maximum absolute atomic E-state index is 9.46. The van der Waals surface area contributed by atoms with E-state index in [0.29, 0.717) is 24.1 Å². The second kappa shape index (κ2) is 9.64. The van der Waals surface area contributed by atoms with Gasteiger partial charge in [-0.1, -0.05) is 36.4 Å². The van der Waals surface area contributed by atoms with E-state index in [1.54, 1.807) is 18.3 Å². The van der Waals surface area contributed by atoms with Gasteiger partial charge in [0.05, 0.1) is 36.1 Å². The van der Waals surface area contributed by atoms with Gasteiger partial charge in [-0.25, -0.2) is 4.98 Å². The zero-order valence-electron chi connectivity index (χ0n) is 19.2. The number of aliphatic hydroxyl groups is 1. The predicted molar refractivity (Wildman–Crippen MR) is 130 cm³/mol. The van der Waals surface area contributed by atoms with Crippen LogP contribution in [0.25, 0.3) is 28.0 Å². The molecular formula is C27H27N5O2. The number of nitrogens with zero attached hydrogens (tertiary/aromatic N) is 5. The summed E-state index contributed by atoms with van der Waals surface area (Å²) >= 11 is 0. The number of imidazole rings is 1. The Morgan fingerprint density at radius 2 is 1.88 bits per heavy atom. The third-order valence-corrected chi connectivity index (χ3v) is 6.40. The van der Waals surface area contributed by atoms with Crippen molar-refractivity contribution in [3.63, 3.8) is 0 Å². The van der Waals surface area contributed by atoms with Gasteiger partial charge in [0.2, 0.25) is 0 Å². The molecule has 0 spiro atoms. The Bertz CT molecular complexity index is 1320. The van der Waals surface area contributed by atoms with Gasteiger partial charge in [-0.3, -0.25) is 4.40 Å². The minimum absolute atomic E-state index is 0.0110. The Labute approximate surface area is 198 Å². The number of nitriles is 1. The van der Waals surface area contributed by atoms with E-state index in [1.807, 2.05) is 47.0 Å². The summed E-state index contributed by atoms with van der Waals surface area (Å²) in [5.41, 5.74) is 5.64. The van der Waals surface area contributed by atoms with Crippen molar-refractivity contribution in [2.24, 2.45) is 5.92 Å². The van der Waals surface area contributed by atoms with Gasteiger partial charge in [0, 0.05) is 30.4 Å². The summed E-state index contributed by atoms with van der Waals surface area (Å²) in [5.74, 6) is 0.461. The van der Waals surface area contributed by atoms with Crippen LogP contribution in [0.4, 0.5) is 0 Å². The molecule has 7 heteroatoms. The molecule has 3 heterocycles. The maximum Gasteiger partial charge on any atom is 0.302 e. The highest BCUT2D eigenvalue weighted by Gasteiger charge is 2.22. The molecule has 1 aliphatic heterocycles. The lowest BCUT2D eigenvalue weighted by molar-refractivity contribution is 0.143. The van der Waals surface area contributed by atoms with Gasteiger partial charge in [-0.05, 0) is 49.7 Å². The zero-order chi connectivity index (χ0) is 23.5. The lowest BCUT2D eigenvalue weighted by atomic mass is 9.98. The number of hydrogen-bond donors (Lipinski definition) is 1. The van der Waals surface area contributed by atoms with E-state index in [4.69, 9.17) is 9.72 Å². The van der Waals surface area contributed by atoms with Gasteiger partial charge in [-0.15, -0.1) is 0 Å². The molecule has 1 aliphatic rings. The van der Waals surface area contributed by atoms with E-state index in [2.05, 4.69) is 23.0 Å². The van der Waals surface area contributed by atoms with Crippen LogP contribution in [-0.4, -0.2) is 51.1 Å². The molecule has 1 atom stereocenters. The van der Waals surface area contributed by atoms with Crippen molar-refractivity contribution in [1.82, 2.24) is 19.3 Å².